The van der Waals surface area contributed by atoms with E-state index in [0.717, 1.165) is 45.7 Å². The van der Waals surface area contributed by atoms with Gasteiger partial charge in [-0.25, -0.2) is 9.18 Å². The van der Waals surface area contributed by atoms with Crippen LogP contribution in [0.2, 0.25) is 0 Å². The van der Waals surface area contributed by atoms with Crippen LogP contribution in [-0.2, 0) is 4.74 Å². The molecular weight excluding hydrogens is 399 g/mol. The second-order valence-electron chi connectivity index (χ2n) is 8.49. The molecule has 1 aromatic rings. The van der Waals surface area contributed by atoms with E-state index in [1.54, 1.807) is 13.1 Å². The SMILES string of the molecule is CN=C(NCCCN1CCN(c2ccccc2F)CC1)NCCNC(=O)OC(C)(C)C. The monoisotopic (exact) mass is 436 g/mol. The van der Waals surface area contributed by atoms with Crippen LogP contribution >= 0.6 is 0 Å². The lowest BCUT2D eigenvalue weighted by Crippen LogP contribution is -2.47. The van der Waals surface area contributed by atoms with Gasteiger partial charge in [0.2, 0.25) is 0 Å². The first kappa shape index (κ1) is 24.7. The number of hydrogen-bond acceptors (Lipinski definition) is 5. The standard InChI is InChI=1S/C22H37FN6O2/c1-22(2,3)31-21(30)27-12-11-26-20(24-4)25-10-7-13-28-14-16-29(17-15-28)19-9-6-5-8-18(19)23/h5-6,8-9H,7,10-17H2,1-4H3,(H,27,30)(H2,24,25,26). The Balaban J connectivity index is 1.55. The third-order valence-electron chi connectivity index (χ3n) is 4.82. The zero-order chi connectivity index (χ0) is 22.7. The first-order chi connectivity index (χ1) is 14.8. The Kier molecular flexibility index (Phi) is 9.84. The molecule has 0 aromatic heterocycles. The van der Waals surface area contributed by atoms with Crippen LogP contribution in [0.3, 0.4) is 0 Å². The lowest BCUT2D eigenvalue weighted by Gasteiger charge is -2.36. The smallest absolute Gasteiger partial charge is 0.407 e. The van der Waals surface area contributed by atoms with Crippen molar-refractivity contribution in [3.8, 4) is 0 Å². The second-order valence-corrected chi connectivity index (χ2v) is 8.49. The molecule has 1 aromatic carbocycles. The van der Waals surface area contributed by atoms with Gasteiger partial charge in [0.25, 0.3) is 0 Å². The minimum Gasteiger partial charge on any atom is -0.444 e. The molecule has 9 heteroatoms. The molecule has 0 bridgehead atoms. The van der Waals surface area contributed by atoms with E-state index >= 15 is 0 Å². The Morgan fingerprint density at radius 3 is 2.35 bits per heavy atom. The molecule has 0 radical (unpaired) electrons. The number of amides is 1. The molecule has 0 spiro atoms. The lowest BCUT2D eigenvalue weighted by molar-refractivity contribution is 0.0529. The second kappa shape index (κ2) is 12.3. The third-order valence-corrected chi connectivity index (χ3v) is 4.82. The van der Waals surface area contributed by atoms with Crippen LogP contribution in [0.15, 0.2) is 29.3 Å². The Bertz CT molecular complexity index is 714. The molecule has 31 heavy (non-hydrogen) atoms. The van der Waals surface area contributed by atoms with Crippen molar-refractivity contribution in [3.63, 3.8) is 0 Å². The quantitative estimate of drug-likeness (QED) is 0.329. The Labute approximate surface area is 185 Å². The maximum Gasteiger partial charge on any atom is 0.407 e. The summed E-state index contributed by atoms with van der Waals surface area (Å²) in [5, 5.41) is 9.16. The van der Waals surface area contributed by atoms with Crippen molar-refractivity contribution in [2.24, 2.45) is 4.99 Å². The number of hydrogen-bond donors (Lipinski definition) is 3. The predicted octanol–water partition coefficient (Wildman–Crippen LogP) is 2.03. The summed E-state index contributed by atoms with van der Waals surface area (Å²) < 4.78 is 19.1. The molecule has 0 unspecified atom stereocenters. The van der Waals surface area contributed by atoms with Crippen molar-refractivity contribution in [1.82, 2.24) is 20.9 Å². The Morgan fingerprint density at radius 2 is 1.71 bits per heavy atom. The normalized spacial score (nSPS) is 15.5. The molecule has 174 valence electrons. The fraction of sp³-hybridized carbons (Fsp3) is 0.636. The number of nitrogens with one attached hydrogen (secondary N) is 3. The van der Waals surface area contributed by atoms with Crippen molar-refractivity contribution in [2.45, 2.75) is 32.8 Å². The van der Waals surface area contributed by atoms with Gasteiger partial charge in [0, 0.05) is 52.9 Å². The number of benzene rings is 1. The van der Waals surface area contributed by atoms with Gasteiger partial charge in [-0.3, -0.25) is 9.89 Å². The average molecular weight is 437 g/mol. The molecule has 0 atom stereocenters. The average Bonchev–Trinajstić information content (AvgIpc) is 2.72. The van der Waals surface area contributed by atoms with E-state index < -0.39 is 11.7 Å². The topological polar surface area (TPSA) is 81.2 Å². The first-order valence-corrected chi connectivity index (χ1v) is 10.9. The number of carbonyl (C=O) groups is 1. The molecule has 0 aliphatic carbocycles. The molecular formula is C22H37FN6O2. The minimum atomic E-state index is -0.501. The highest BCUT2D eigenvalue weighted by Crippen LogP contribution is 2.20. The summed E-state index contributed by atoms with van der Waals surface area (Å²) in [5.74, 6) is 0.552. The molecule has 1 heterocycles. The highest BCUT2D eigenvalue weighted by Gasteiger charge is 2.19. The van der Waals surface area contributed by atoms with Crippen LogP contribution in [0, 0.1) is 5.82 Å². The van der Waals surface area contributed by atoms with Crippen LogP contribution in [0.25, 0.3) is 0 Å². The Hall–Kier alpha value is -2.55. The third kappa shape index (κ3) is 9.42. The van der Waals surface area contributed by atoms with E-state index in [4.69, 9.17) is 4.74 Å². The number of halogens is 1. The molecule has 3 N–H and O–H groups in total. The summed E-state index contributed by atoms with van der Waals surface area (Å²) >= 11 is 0. The highest BCUT2D eigenvalue weighted by molar-refractivity contribution is 5.79. The number of para-hydroxylation sites is 1. The fourth-order valence-corrected chi connectivity index (χ4v) is 3.31. The summed E-state index contributed by atoms with van der Waals surface area (Å²) in [5.41, 5.74) is 0.194. The van der Waals surface area contributed by atoms with Crippen LogP contribution in [-0.4, -0.2) is 82.0 Å². The van der Waals surface area contributed by atoms with E-state index in [2.05, 4.69) is 30.7 Å². The number of carbonyl (C=O) groups excluding carboxylic acids is 1. The number of anilines is 1. The first-order valence-electron chi connectivity index (χ1n) is 10.9. The van der Waals surface area contributed by atoms with Crippen molar-refractivity contribution in [1.29, 1.82) is 0 Å². The minimum absolute atomic E-state index is 0.152. The zero-order valence-electron chi connectivity index (χ0n) is 19.2. The van der Waals surface area contributed by atoms with Gasteiger partial charge < -0.3 is 25.6 Å². The van der Waals surface area contributed by atoms with Crippen molar-refractivity contribution in [2.75, 3.05) is 64.3 Å². The van der Waals surface area contributed by atoms with Gasteiger partial charge in [-0.05, 0) is 45.9 Å². The summed E-state index contributed by atoms with van der Waals surface area (Å²) in [6, 6.07) is 6.96. The number of aliphatic imine (C=N–C) groups is 1. The fourth-order valence-electron chi connectivity index (χ4n) is 3.31. The van der Waals surface area contributed by atoms with E-state index in [9.17, 15) is 9.18 Å². The largest absolute Gasteiger partial charge is 0.444 e. The number of rotatable bonds is 8. The summed E-state index contributed by atoms with van der Waals surface area (Å²) in [6.07, 6.45) is 0.559. The maximum atomic E-state index is 13.9. The Morgan fingerprint density at radius 1 is 1.06 bits per heavy atom. The molecule has 1 aliphatic rings. The number of piperazine rings is 1. The van der Waals surface area contributed by atoms with Gasteiger partial charge in [0.05, 0.1) is 5.69 Å². The molecule has 1 saturated heterocycles. The summed E-state index contributed by atoms with van der Waals surface area (Å²) in [4.78, 5) is 20.3. The van der Waals surface area contributed by atoms with Gasteiger partial charge in [-0.2, -0.15) is 0 Å². The van der Waals surface area contributed by atoms with E-state index in [1.807, 2.05) is 32.9 Å². The zero-order valence-corrected chi connectivity index (χ0v) is 19.2. The van der Waals surface area contributed by atoms with Gasteiger partial charge in [-0.1, -0.05) is 12.1 Å². The molecule has 1 aliphatic heterocycles. The van der Waals surface area contributed by atoms with Gasteiger partial charge >= 0.3 is 6.09 Å². The number of alkyl carbamates (subject to hydrolysis) is 1. The molecule has 8 nitrogen and oxygen atoms in total. The summed E-state index contributed by atoms with van der Waals surface area (Å²) in [6.45, 7) is 11.8. The van der Waals surface area contributed by atoms with Gasteiger partial charge in [0.15, 0.2) is 5.96 Å². The van der Waals surface area contributed by atoms with Gasteiger partial charge in [0.1, 0.15) is 11.4 Å². The summed E-state index contributed by atoms with van der Waals surface area (Å²) in [7, 11) is 1.72. The van der Waals surface area contributed by atoms with Crippen molar-refractivity contribution in [3.05, 3.63) is 30.1 Å². The maximum absolute atomic E-state index is 13.9. The highest BCUT2D eigenvalue weighted by atomic mass is 19.1. The molecule has 2 rings (SSSR count). The molecule has 1 amide bonds. The van der Waals surface area contributed by atoms with Crippen LogP contribution < -0.4 is 20.9 Å². The van der Waals surface area contributed by atoms with Gasteiger partial charge in [-0.15, -0.1) is 0 Å². The number of ether oxygens (including phenoxy) is 1. The van der Waals surface area contributed by atoms with E-state index in [-0.39, 0.29) is 5.82 Å². The van der Waals surface area contributed by atoms with Crippen LogP contribution in [0.1, 0.15) is 27.2 Å². The van der Waals surface area contributed by atoms with Crippen LogP contribution in [0.5, 0.6) is 0 Å². The molecule has 1 fully saturated rings. The molecule has 0 saturated carbocycles. The number of guanidine groups is 1. The number of nitrogens with zero attached hydrogens (tertiary/aromatic N) is 3. The van der Waals surface area contributed by atoms with Crippen molar-refractivity contribution < 1.29 is 13.9 Å². The van der Waals surface area contributed by atoms with E-state index in [0.29, 0.717) is 24.7 Å². The lowest BCUT2D eigenvalue weighted by atomic mass is 10.2. The van der Waals surface area contributed by atoms with Crippen molar-refractivity contribution >= 4 is 17.7 Å². The van der Waals surface area contributed by atoms with E-state index in [1.165, 1.54) is 6.07 Å². The van der Waals surface area contributed by atoms with Crippen LogP contribution in [0.4, 0.5) is 14.9 Å². The predicted molar refractivity (Wildman–Crippen MR) is 123 cm³/mol.